The first-order chi connectivity index (χ1) is 9.58. The van der Waals surface area contributed by atoms with Gasteiger partial charge in [0.2, 0.25) is 5.78 Å². The Kier molecular flexibility index (Phi) is 4.25. The second-order valence-electron chi connectivity index (χ2n) is 4.47. The number of nitrogens with one attached hydrogen (secondary N) is 1. The average Bonchev–Trinajstić information content (AvgIpc) is 2.46. The number of rotatable bonds is 4. The number of carbonyl (C=O) groups excluding carboxylic acids is 2. The minimum atomic E-state index is -0.739. The smallest absolute Gasteiger partial charge is 0.292 e. The molecule has 3 nitrogen and oxygen atoms in total. The number of ketones is 1. The second-order valence-corrected chi connectivity index (χ2v) is 4.47. The minimum absolute atomic E-state index is 0.0108. The summed E-state index contributed by atoms with van der Waals surface area (Å²) in [5.74, 6) is -1.77. The van der Waals surface area contributed by atoms with Crippen LogP contribution in [0, 0.1) is 12.7 Å². The van der Waals surface area contributed by atoms with Gasteiger partial charge in [0.25, 0.3) is 5.91 Å². The number of hydrogen-bond acceptors (Lipinski definition) is 2. The lowest BCUT2D eigenvalue weighted by atomic mass is 10.1. The third kappa shape index (κ3) is 3.29. The summed E-state index contributed by atoms with van der Waals surface area (Å²) in [6.45, 7) is 1.88. The van der Waals surface area contributed by atoms with Crippen LogP contribution in [-0.4, -0.2) is 11.7 Å². The van der Waals surface area contributed by atoms with Crippen LogP contribution in [0.3, 0.4) is 0 Å². The van der Waals surface area contributed by atoms with Crippen LogP contribution in [0.15, 0.2) is 48.5 Å². The standard InChI is InChI=1S/C16H14FNO2/c1-11-6-8-12(9-7-11)15(19)16(20)18-10-13-4-2-3-5-14(13)17/h2-9H,10H2,1H3,(H,18,20). The van der Waals surface area contributed by atoms with Crippen molar-refractivity contribution in [2.24, 2.45) is 0 Å². The van der Waals surface area contributed by atoms with Gasteiger partial charge in [-0.1, -0.05) is 48.0 Å². The largest absolute Gasteiger partial charge is 0.345 e. The summed E-state index contributed by atoms with van der Waals surface area (Å²) < 4.78 is 13.4. The summed E-state index contributed by atoms with van der Waals surface area (Å²) in [5.41, 5.74) is 1.67. The van der Waals surface area contributed by atoms with Crippen molar-refractivity contribution in [2.45, 2.75) is 13.5 Å². The quantitative estimate of drug-likeness (QED) is 0.686. The average molecular weight is 271 g/mol. The molecule has 0 fully saturated rings. The summed E-state index contributed by atoms with van der Waals surface area (Å²) >= 11 is 0. The third-order valence-corrected chi connectivity index (χ3v) is 2.92. The van der Waals surface area contributed by atoms with Gasteiger partial charge in [-0.2, -0.15) is 0 Å². The van der Waals surface area contributed by atoms with E-state index in [1.807, 2.05) is 6.92 Å². The van der Waals surface area contributed by atoms with E-state index in [2.05, 4.69) is 5.32 Å². The molecular weight excluding hydrogens is 257 g/mol. The predicted octanol–water partition coefficient (Wildman–Crippen LogP) is 2.63. The van der Waals surface area contributed by atoms with Gasteiger partial charge in [0.15, 0.2) is 0 Å². The van der Waals surface area contributed by atoms with E-state index in [1.165, 1.54) is 6.07 Å². The summed E-state index contributed by atoms with van der Waals surface area (Å²) in [5, 5.41) is 2.42. The first-order valence-electron chi connectivity index (χ1n) is 6.20. The van der Waals surface area contributed by atoms with Crippen LogP contribution in [0.25, 0.3) is 0 Å². The highest BCUT2D eigenvalue weighted by atomic mass is 19.1. The number of amides is 1. The molecule has 0 bridgehead atoms. The van der Waals surface area contributed by atoms with E-state index in [0.29, 0.717) is 11.1 Å². The lowest BCUT2D eigenvalue weighted by molar-refractivity contribution is -0.117. The van der Waals surface area contributed by atoms with Gasteiger partial charge in [-0.3, -0.25) is 9.59 Å². The Bertz CT molecular complexity index is 635. The monoisotopic (exact) mass is 271 g/mol. The molecule has 20 heavy (non-hydrogen) atoms. The van der Waals surface area contributed by atoms with E-state index >= 15 is 0 Å². The van der Waals surface area contributed by atoms with Crippen molar-refractivity contribution in [1.82, 2.24) is 5.32 Å². The molecule has 2 aromatic carbocycles. The summed E-state index contributed by atoms with van der Waals surface area (Å²) in [7, 11) is 0. The fourth-order valence-electron chi connectivity index (χ4n) is 1.73. The first kappa shape index (κ1) is 13.9. The number of aryl methyl sites for hydroxylation is 1. The van der Waals surface area contributed by atoms with Crippen molar-refractivity contribution in [2.75, 3.05) is 0 Å². The maximum Gasteiger partial charge on any atom is 0.292 e. The normalized spacial score (nSPS) is 10.1. The molecule has 0 spiro atoms. The minimum Gasteiger partial charge on any atom is -0.345 e. The molecule has 1 amide bonds. The molecule has 0 heterocycles. The summed E-state index contributed by atoms with van der Waals surface area (Å²) in [4.78, 5) is 23.6. The van der Waals surface area contributed by atoms with Gasteiger partial charge in [0.05, 0.1) is 0 Å². The van der Waals surface area contributed by atoms with Crippen LogP contribution >= 0.6 is 0 Å². The van der Waals surface area contributed by atoms with Gasteiger partial charge in [0, 0.05) is 17.7 Å². The molecule has 0 unspecified atom stereocenters. The molecule has 2 rings (SSSR count). The van der Waals surface area contributed by atoms with Crippen LogP contribution in [0.2, 0.25) is 0 Å². The second kappa shape index (κ2) is 6.10. The maximum atomic E-state index is 13.4. The van der Waals surface area contributed by atoms with Crippen molar-refractivity contribution in [1.29, 1.82) is 0 Å². The molecule has 1 N–H and O–H groups in total. The highest BCUT2D eigenvalue weighted by Gasteiger charge is 2.15. The molecule has 0 saturated heterocycles. The van der Waals surface area contributed by atoms with Gasteiger partial charge >= 0.3 is 0 Å². The summed E-state index contributed by atoms with van der Waals surface area (Å²) in [6, 6.07) is 12.8. The van der Waals surface area contributed by atoms with E-state index in [1.54, 1.807) is 42.5 Å². The molecule has 0 aromatic heterocycles. The highest BCUT2D eigenvalue weighted by molar-refractivity contribution is 6.42. The molecule has 4 heteroatoms. The van der Waals surface area contributed by atoms with Crippen molar-refractivity contribution < 1.29 is 14.0 Å². The van der Waals surface area contributed by atoms with E-state index in [4.69, 9.17) is 0 Å². The molecule has 2 aromatic rings. The van der Waals surface area contributed by atoms with Gasteiger partial charge in [-0.05, 0) is 13.0 Å². The van der Waals surface area contributed by atoms with Crippen molar-refractivity contribution >= 4 is 11.7 Å². The Morgan fingerprint density at radius 2 is 1.70 bits per heavy atom. The van der Waals surface area contributed by atoms with Crippen molar-refractivity contribution in [3.8, 4) is 0 Å². The molecule has 0 saturated carbocycles. The van der Waals surface area contributed by atoms with Crippen LogP contribution in [0.1, 0.15) is 21.5 Å². The third-order valence-electron chi connectivity index (χ3n) is 2.92. The molecule has 0 aliphatic heterocycles. The highest BCUT2D eigenvalue weighted by Crippen LogP contribution is 2.07. The Balaban J connectivity index is 2.00. The first-order valence-corrected chi connectivity index (χ1v) is 6.20. The van der Waals surface area contributed by atoms with Gasteiger partial charge < -0.3 is 5.32 Å². The Hall–Kier alpha value is -2.49. The summed E-state index contributed by atoms with van der Waals surface area (Å²) in [6.07, 6.45) is 0. The topological polar surface area (TPSA) is 46.2 Å². The van der Waals surface area contributed by atoms with Crippen molar-refractivity contribution in [3.63, 3.8) is 0 Å². The molecular formula is C16H14FNO2. The number of carbonyl (C=O) groups is 2. The zero-order valence-corrected chi connectivity index (χ0v) is 11.0. The van der Waals surface area contributed by atoms with Crippen molar-refractivity contribution in [3.05, 3.63) is 71.0 Å². The lowest BCUT2D eigenvalue weighted by Gasteiger charge is -2.06. The number of benzene rings is 2. The SMILES string of the molecule is Cc1ccc(C(=O)C(=O)NCc2ccccc2F)cc1. The number of halogens is 1. The van der Waals surface area contributed by atoms with Gasteiger partial charge in [-0.25, -0.2) is 4.39 Å². The van der Waals surface area contributed by atoms with Gasteiger partial charge in [-0.15, -0.1) is 0 Å². The van der Waals surface area contributed by atoms with E-state index in [0.717, 1.165) is 5.56 Å². The van der Waals surface area contributed by atoms with E-state index in [9.17, 15) is 14.0 Å². The number of Topliss-reactive ketones (excluding diaryl/α,β-unsaturated/α-hetero) is 1. The molecule has 0 aliphatic rings. The molecule has 102 valence electrons. The van der Waals surface area contributed by atoms with Gasteiger partial charge in [0.1, 0.15) is 5.82 Å². The van der Waals surface area contributed by atoms with E-state index in [-0.39, 0.29) is 6.54 Å². The maximum absolute atomic E-state index is 13.4. The Morgan fingerprint density at radius 1 is 1.05 bits per heavy atom. The van der Waals surface area contributed by atoms with Crippen LogP contribution in [0.5, 0.6) is 0 Å². The predicted molar refractivity (Wildman–Crippen MR) is 73.8 cm³/mol. The number of hydrogen-bond donors (Lipinski definition) is 1. The molecule has 0 atom stereocenters. The zero-order chi connectivity index (χ0) is 14.5. The van der Waals surface area contributed by atoms with Crippen LogP contribution in [-0.2, 0) is 11.3 Å². The fraction of sp³-hybridized carbons (Fsp3) is 0.125. The van der Waals surface area contributed by atoms with Crippen LogP contribution in [0.4, 0.5) is 4.39 Å². The van der Waals surface area contributed by atoms with E-state index < -0.39 is 17.5 Å². The Morgan fingerprint density at radius 3 is 2.35 bits per heavy atom. The lowest BCUT2D eigenvalue weighted by Crippen LogP contribution is -2.30. The zero-order valence-electron chi connectivity index (χ0n) is 11.0. The van der Waals surface area contributed by atoms with Crippen LogP contribution < -0.4 is 5.32 Å². The fourth-order valence-corrected chi connectivity index (χ4v) is 1.73. The molecule has 0 aliphatic carbocycles. The Labute approximate surface area is 116 Å². The molecule has 0 radical (unpaired) electrons.